The fourth-order valence-electron chi connectivity index (χ4n) is 3.24. The number of hydrogen-bond acceptors (Lipinski definition) is 6. The highest BCUT2D eigenvalue weighted by Gasteiger charge is 2.26. The van der Waals surface area contributed by atoms with Crippen molar-refractivity contribution < 1.29 is 14.7 Å². The van der Waals surface area contributed by atoms with Crippen LogP contribution in [0.3, 0.4) is 0 Å². The molecule has 1 aliphatic rings. The SMILES string of the molecule is CC(C)(O)CC(=O)N1CCN(Cc2ncc(C(=O)NCc3ccc(Cl)cc3Cl)s2)CC1. The summed E-state index contributed by atoms with van der Waals surface area (Å²) in [6, 6.07) is 5.17. The number of thiazole rings is 1. The van der Waals surface area contributed by atoms with Crippen molar-refractivity contribution in [2.24, 2.45) is 0 Å². The Morgan fingerprint density at radius 3 is 2.58 bits per heavy atom. The molecule has 1 aromatic heterocycles. The molecule has 1 aliphatic heterocycles. The third kappa shape index (κ3) is 7.15. The zero-order chi connectivity index (χ0) is 22.6. The first-order valence-corrected chi connectivity index (χ1v) is 11.6. The third-order valence-corrected chi connectivity index (χ3v) is 6.47. The van der Waals surface area contributed by atoms with Gasteiger partial charge in [0.1, 0.15) is 9.88 Å². The molecule has 168 valence electrons. The molecule has 0 spiro atoms. The molecular formula is C21H26Cl2N4O3S. The van der Waals surface area contributed by atoms with Crippen molar-refractivity contribution in [1.82, 2.24) is 20.1 Å². The van der Waals surface area contributed by atoms with Gasteiger partial charge in [-0.3, -0.25) is 14.5 Å². The van der Waals surface area contributed by atoms with Crippen LogP contribution < -0.4 is 5.32 Å². The number of hydrogen-bond donors (Lipinski definition) is 2. The maximum Gasteiger partial charge on any atom is 0.263 e. The Kier molecular flexibility index (Phi) is 7.93. The van der Waals surface area contributed by atoms with Crippen LogP contribution in [0.15, 0.2) is 24.4 Å². The van der Waals surface area contributed by atoms with Crippen molar-refractivity contribution in [3.63, 3.8) is 0 Å². The summed E-state index contributed by atoms with van der Waals surface area (Å²) < 4.78 is 0. The molecule has 0 unspecified atom stereocenters. The molecule has 1 saturated heterocycles. The molecule has 1 fully saturated rings. The van der Waals surface area contributed by atoms with Crippen molar-refractivity contribution >= 4 is 46.4 Å². The average Bonchev–Trinajstić information content (AvgIpc) is 3.15. The van der Waals surface area contributed by atoms with Gasteiger partial charge in [-0.2, -0.15) is 0 Å². The number of piperazine rings is 1. The summed E-state index contributed by atoms with van der Waals surface area (Å²) in [5.41, 5.74) is -0.202. The number of carbonyl (C=O) groups is 2. The number of carbonyl (C=O) groups excluding carboxylic acids is 2. The van der Waals surface area contributed by atoms with Gasteiger partial charge < -0.3 is 15.3 Å². The van der Waals surface area contributed by atoms with Gasteiger partial charge in [-0.25, -0.2) is 4.98 Å². The van der Waals surface area contributed by atoms with Crippen molar-refractivity contribution in [1.29, 1.82) is 0 Å². The molecule has 2 aromatic rings. The molecule has 1 aromatic carbocycles. The van der Waals surface area contributed by atoms with Crippen LogP contribution in [0.4, 0.5) is 0 Å². The van der Waals surface area contributed by atoms with Crippen molar-refractivity contribution in [2.45, 2.75) is 39.0 Å². The van der Waals surface area contributed by atoms with Gasteiger partial charge in [0.05, 0.1) is 24.8 Å². The predicted molar refractivity (Wildman–Crippen MR) is 123 cm³/mol. The van der Waals surface area contributed by atoms with E-state index >= 15 is 0 Å². The Hall–Kier alpha value is -1.71. The van der Waals surface area contributed by atoms with E-state index in [-0.39, 0.29) is 18.2 Å². The maximum atomic E-state index is 12.4. The number of rotatable bonds is 7. The highest BCUT2D eigenvalue weighted by molar-refractivity contribution is 7.13. The lowest BCUT2D eigenvalue weighted by Gasteiger charge is -2.35. The molecule has 0 radical (unpaired) electrons. The molecule has 2 N–H and O–H groups in total. The summed E-state index contributed by atoms with van der Waals surface area (Å²) in [6.45, 7) is 6.92. The molecule has 7 nitrogen and oxygen atoms in total. The number of amides is 2. The van der Waals surface area contributed by atoms with Gasteiger partial charge in [0.2, 0.25) is 5.91 Å². The molecule has 0 atom stereocenters. The number of halogens is 2. The van der Waals surface area contributed by atoms with Crippen molar-refractivity contribution in [3.05, 3.63) is 49.9 Å². The maximum absolute atomic E-state index is 12.4. The summed E-state index contributed by atoms with van der Waals surface area (Å²) in [6.07, 6.45) is 1.71. The number of nitrogens with zero attached hydrogens (tertiary/aromatic N) is 3. The first kappa shape index (κ1) is 23.9. The van der Waals surface area contributed by atoms with Crippen LogP contribution in [-0.2, 0) is 17.9 Å². The van der Waals surface area contributed by atoms with E-state index in [1.807, 2.05) is 0 Å². The van der Waals surface area contributed by atoms with Gasteiger partial charge in [-0.15, -0.1) is 11.3 Å². The number of benzene rings is 1. The fraction of sp³-hybridized carbons (Fsp3) is 0.476. The van der Waals surface area contributed by atoms with E-state index in [9.17, 15) is 14.7 Å². The summed E-state index contributed by atoms with van der Waals surface area (Å²) in [5.74, 6) is -0.224. The van der Waals surface area contributed by atoms with Crippen LogP contribution in [0.5, 0.6) is 0 Å². The van der Waals surface area contributed by atoms with Crippen molar-refractivity contribution in [3.8, 4) is 0 Å². The highest BCUT2D eigenvalue weighted by atomic mass is 35.5. The Bertz CT molecular complexity index is 937. The van der Waals surface area contributed by atoms with E-state index in [0.717, 1.165) is 23.7 Å². The van der Waals surface area contributed by atoms with Crippen LogP contribution in [-0.4, -0.2) is 63.5 Å². The van der Waals surface area contributed by atoms with E-state index in [4.69, 9.17) is 23.2 Å². The predicted octanol–water partition coefficient (Wildman–Crippen LogP) is 3.19. The van der Waals surface area contributed by atoms with Gasteiger partial charge in [-0.1, -0.05) is 29.3 Å². The standard InChI is InChI=1S/C21H26Cl2N4O3S/c1-21(2,30)10-19(28)27-7-5-26(6-8-27)13-18-24-12-17(31-18)20(29)25-11-14-3-4-15(22)9-16(14)23/h3-4,9,12,30H,5-8,10-11,13H2,1-2H3,(H,25,29). The second-order valence-electron chi connectivity index (χ2n) is 8.18. The molecule has 31 heavy (non-hydrogen) atoms. The van der Waals surface area contributed by atoms with Crippen LogP contribution >= 0.6 is 34.5 Å². The lowest BCUT2D eigenvalue weighted by Crippen LogP contribution is -2.49. The monoisotopic (exact) mass is 484 g/mol. The first-order chi connectivity index (χ1) is 14.6. The molecular weight excluding hydrogens is 459 g/mol. The van der Waals surface area contributed by atoms with E-state index in [1.165, 1.54) is 11.3 Å². The molecule has 2 amide bonds. The summed E-state index contributed by atoms with van der Waals surface area (Å²) in [4.78, 5) is 33.6. The van der Waals surface area contributed by atoms with E-state index in [0.29, 0.717) is 41.1 Å². The van der Waals surface area contributed by atoms with Gasteiger partial charge in [0.25, 0.3) is 5.91 Å². The zero-order valence-electron chi connectivity index (χ0n) is 17.5. The van der Waals surface area contributed by atoms with Crippen LogP contribution in [0.1, 0.15) is 40.5 Å². The minimum absolute atomic E-state index is 0.0267. The van der Waals surface area contributed by atoms with Crippen molar-refractivity contribution in [2.75, 3.05) is 26.2 Å². The van der Waals surface area contributed by atoms with Crippen LogP contribution in [0.25, 0.3) is 0 Å². The van der Waals surface area contributed by atoms with E-state index in [2.05, 4.69) is 15.2 Å². The van der Waals surface area contributed by atoms with Gasteiger partial charge >= 0.3 is 0 Å². The Morgan fingerprint density at radius 2 is 1.94 bits per heavy atom. The minimum Gasteiger partial charge on any atom is -0.390 e. The topological polar surface area (TPSA) is 85.8 Å². The fourth-order valence-corrected chi connectivity index (χ4v) is 4.60. The normalized spacial score (nSPS) is 15.2. The lowest BCUT2D eigenvalue weighted by atomic mass is 10.0. The summed E-state index contributed by atoms with van der Waals surface area (Å²) in [5, 5.41) is 14.6. The second-order valence-corrected chi connectivity index (χ2v) is 10.1. The van der Waals surface area contributed by atoms with E-state index < -0.39 is 5.60 Å². The molecule has 10 heteroatoms. The lowest BCUT2D eigenvalue weighted by molar-refractivity contribution is -0.137. The van der Waals surface area contributed by atoms with Crippen LogP contribution in [0.2, 0.25) is 10.0 Å². The summed E-state index contributed by atoms with van der Waals surface area (Å²) >= 11 is 13.4. The quantitative estimate of drug-likeness (QED) is 0.630. The van der Waals surface area contributed by atoms with Crippen LogP contribution in [0, 0.1) is 0 Å². The second kappa shape index (κ2) is 10.3. The van der Waals surface area contributed by atoms with E-state index in [1.54, 1.807) is 43.1 Å². The molecule has 0 aliphatic carbocycles. The van der Waals surface area contributed by atoms with Gasteiger partial charge in [0, 0.05) is 42.8 Å². The largest absolute Gasteiger partial charge is 0.390 e. The number of aromatic nitrogens is 1. The minimum atomic E-state index is -0.995. The first-order valence-electron chi connectivity index (χ1n) is 10.00. The Labute approximate surface area is 196 Å². The Balaban J connectivity index is 1.47. The Morgan fingerprint density at radius 1 is 1.23 bits per heavy atom. The van der Waals surface area contributed by atoms with Gasteiger partial charge in [0.15, 0.2) is 0 Å². The smallest absolute Gasteiger partial charge is 0.263 e. The highest BCUT2D eigenvalue weighted by Crippen LogP contribution is 2.21. The molecule has 0 saturated carbocycles. The molecule has 3 rings (SSSR count). The third-order valence-electron chi connectivity index (χ3n) is 4.90. The number of nitrogens with one attached hydrogen (secondary N) is 1. The average molecular weight is 485 g/mol. The molecule has 2 heterocycles. The zero-order valence-corrected chi connectivity index (χ0v) is 19.9. The number of aliphatic hydroxyl groups is 1. The summed E-state index contributed by atoms with van der Waals surface area (Å²) in [7, 11) is 0. The molecule has 0 bridgehead atoms. The van der Waals surface area contributed by atoms with Gasteiger partial charge in [-0.05, 0) is 31.5 Å².